The summed E-state index contributed by atoms with van der Waals surface area (Å²) in [5.74, 6) is 0.239. The number of nitrogens with zero attached hydrogens (tertiary/aromatic N) is 4. The fourth-order valence-electron chi connectivity index (χ4n) is 2.46. The molecule has 0 aliphatic rings. The minimum Gasteiger partial charge on any atom is -0.445 e. The summed E-state index contributed by atoms with van der Waals surface area (Å²) in [5, 5.41) is 7.00. The Labute approximate surface area is 137 Å². The molecule has 7 nitrogen and oxygen atoms in total. The molecule has 0 saturated carbocycles. The van der Waals surface area contributed by atoms with E-state index >= 15 is 0 Å². The van der Waals surface area contributed by atoms with Crippen LogP contribution in [0.5, 0.6) is 0 Å². The van der Waals surface area contributed by atoms with Crippen molar-refractivity contribution in [2.75, 3.05) is 5.32 Å². The van der Waals surface area contributed by atoms with Crippen molar-refractivity contribution >= 4 is 17.2 Å². The van der Waals surface area contributed by atoms with Crippen LogP contribution < -0.4 is 5.32 Å². The monoisotopic (exact) mass is 319 g/mol. The molecule has 0 radical (unpaired) electrons. The molecule has 1 amide bonds. The van der Waals surface area contributed by atoms with Crippen molar-refractivity contribution in [2.45, 2.75) is 6.92 Å². The van der Waals surface area contributed by atoms with E-state index in [0.29, 0.717) is 22.9 Å². The van der Waals surface area contributed by atoms with Crippen molar-refractivity contribution in [3.05, 3.63) is 66.4 Å². The lowest BCUT2D eigenvalue weighted by molar-refractivity contribution is 0.102. The van der Waals surface area contributed by atoms with Gasteiger partial charge in [-0.25, -0.2) is 14.5 Å². The maximum Gasteiger partial charge on any atom is 0.274 e. The fraction of sp³-hybridized carbons (Fsp3) is 0.0588. The lowest BCUT2D eigenvalue weighted by atomic mass is 10.1. The average Bonchev–Trinajstić information content (AvgIpc) is 3.27. The first-order valence-electron chi connectivity index (χ1n) is 7.33. The van der Waals surface area contributed by atoms with E-state index in [-0.39, 0.29) is 5.91 Å². The molecule has 0 atom stereocenters. The molecule has 0 aliphatic carbocycles. The molecule has 0 bridgehead atoms. The zero-order valence-corrected chi connectivity index (χ0v) is 12.8. The number of hydrogen-bond acceptors (Lipinski definition) is 5. The highest BCUT2D eigenvalue weighted by molar-refractivity contribution is 6.04. The van der Waals surface area contributed by atoms with Gasteiger partial charge in [-0.1, -0.05) is 12.1 Å². The van der Waals surface area contributed by atoms with Crippen LogP contribution in [0.3, 0.4) is 0 Å². The van der Waals surface area contributed by atoms with E-state index < -0.39 is 0 Å². The number of aromatic nitrogens is 4. The highest BCUT2D eigenvalue weighted by Gasteiger charge is 2.14. The molecule has 118 valence electrons. The predicted octanol–water partition coefficient (Wildman–Crippen LogP) is 2.95. The van der Waals surface area contributed by atoms with Crippen LogP contribution in [0.15, 0.2) is 59.6 Å². The summed E-state index contributed by atoms with van der Waals surface area (Å²) >= 11 is 0. The molecule has 3 aromatic heterocycles. The molecule has 24 heavy (non-hydrogen) atoms. The summed E-state index contributed by atoms with van der Waals surface area (Å²) in [6, 6.07) is 10.9. The van der Waals surface area contributed by atoms with E-state index in [9.17, 15) is 4.79 Å². The molecule has 1 N–H and O–H groups in total. The van der Waals surface area contributed by atoms with Gasteiger partial charge in [0.25, 0.3) is 5.91 Å². The number of carbonyl (C=O) groups excluding carboxylic acids is 1. The van der Waals surface area contributed by atoms with Gasteiger partial charge in [-0.3, -0.25) is 4.79 Å². The van der Waals surface area contributed by atoms with Crippen LogP contribution in [0.4, 0.5) is 5.69 Å². The van der Waals surface area contributed by atoms with E-state index in [4.69, 9.17) is 4.42 Å². The van der Waals surface area contributed by atoms with Crippen LogP contribution in [-0.2, 0) is 0 Å². The second kappa shape index (κ2) is 5.62. The number of pyridine rings is 1. The Balaban J connectivity index is 1.69. The Morgan fingerprint density at radius 3 is 2.96 bits per heavy atom. The van der Waals surface area contributed by atoms with Crippen LogP contribution in [0.25, 0.3) is 17.1 Å². The van der Waals surface area contributed by atoms with Gasteiger partial charge in [0.2, 0.25) is 5.89 Å². The van der Waals surface area contributed by atoms with Crippen molar-refractivity contribution < 1.29 is 9.21 Å². The highest BCUT2D eigenvalue weighted by Crippen LogP contribution is 2.24. The largest absolute Gasteiger partial charge is 0.445 e. The molecule has 4 rings (SSSR count). The Bertz CT molecular complexity index is 1020. The van der Waals surface area contributed by atoms with E-state index in [1.807, 2.05) is 25.1 Å². The Morgan fingerprint density at radius 2 is 2.12 bits per heavy atom. The molecule has 1 aromatic carbocycles. The SMILES string of the molecule is Cc1ccc(-c2ncco2)cc1NC(=O)c1cccc2ncnn12. The van der Waals surface area contributed by atoms with Crippen LogP contribution in [0.2, 0.25) is 0 Å². The molecular formula is C17H13N5O2. The third-order valence-corrected chi connectivity index (χ3v) is 3.70. The zero-order valence-electron chi connectivity index (χ0n) is 12.8. The lowest BCUT2D eigenvalue weighted by Crippen LogP contribution is -2.17. The van der Waals surface area contributed by atoms with Crippen molar-refractivity contribution in [3.63, 3.8) is 0 Å². The number of fused-ring (bicyclic) bond motifs is 1. The van der Waals surface area contributed by atoms with Crippen molar-refractivity contribution in [1.29, 1.82) is 0 Å². The Kier molecular flexibility index (Phi) is 3.31. The first kappa shape index (κ1) is 14.1. The van der Waals surface area contributed by atoms with Crippen LogP contribution in [0.1, 0.15) is 16.1 Å². The average molecular weight is 319 g/mol. The molecule has 0 fully saturated rings. The molecule has 0 aliphatic heterocycles. The zero-order chi connectivity index (χ0) is 16.5. The number of amides is 1. The summed E-state index contributed by atoms with van der Waals surface area (Å²) in [7, 11) is 0. The van der Waals surface area contributed by atoms with E-state index in [1.165, 1.54) is 17.1 Å². The summed E-state index contributed by atoms with van der Waals surface area (Å²) in [6.07, 6.45) is 4.51. The van der Waals surface area contributed by atoms with Gasteiger partial charge in [0.05, 0.1) is 6.20 Å². The van der Waals surface area contributed by atoms with Gasteiger partial charge in [-0.05, 0) is 36.8 Å². The molecule has 0 saturated heterocycles. The number of carbonyl (C=O) groups is 1. The molecular weight excluding hydrogens is 306 g/mol. The Morgan fingerprint density at radius 1 is 1.21 bits per heavy atom. The summed E-state index contributed by atoms with van der Waals surface area (Å²) in [5.41, 5.74) is 3.44. The molecule has 4 aromatic rings. The number of hydrogen-bond donors (Lipinski definition) is 1. The van der Waals surface area contributed by atoms with Gasteiger partial charge in [0.15, 0.2) is 5.65 Å². The number of rotatable bonds is 3. The van der Waals surface area contributed by atoms with Crippen LogP contribution in [-0.4, -0.2) is 25.5 Å². The summed E-state index contributed by atoms with van der Waals surface area (Å²) in [4.78, 5) is 20.8. The van der Waals surface area contributed by atoms with Gasteiger partial charge >= 0.3 is 0 Å². The molecule has 0 unspecified atom stereocenters. The van der Waals surface area contributed by atoms with Gasteiger partial charge in [-0.2, -0.15) is 5.10 Å². The maximum absolute atomic E-state index is 12.6. The van der Waals surface area contributed by atoms with Gasteiger partial charge in [-0.15, -0.1) is 0 Å². The number of anilines is 1. The van der Waals surface area contributed by atoms with Crippen molar-refractivity contribution in [1.82, 2.24) is 19.6 Å². The smallest absolute Gasteiger partial charge is 0.274 e. The standard InChI is InChI=1S/C17H13N5O2/c1-11-5-6-12(17-18-7-8-24-17)9-13(11)21-16(23)14-3-2-4-15-19-10-20-22(14)15/h2-10H,1H3,(H,21,23). The molecule has 7 heteroatoms. The molecule has 3 heterocycles. The quantitative estimate of drug-likeness (QED) is 0.627. The maximum atomic E-state index is 12.6. The predicted molar refractivity (Wildman–Crippen MR) is 87.6 cm³/mol. The van der Waals surface area contributed by atoms with Crippen molar-refractivity contribution in [3.8, 4) is 11.5 Å². The Hall–Kier alpha value is -3.48. The normalized spacial score (nSPS) is 10.9. The van der Waals surface area contributed by atoms with E-state index in [1.54, 1.807) is 24.4 Å². The van der Waals surface area contributed by atoms with Gasteiger partial charge in [0.1, 0.15) is 18.3 Å². The second-order valence-electron chi connectivity index (χ2n) is 5.26. The fourth-order valence-corrected chi connectivity index (χ4v) is 2.46. The molecule has 0 spiro atoms. The van der Waals surface area contributed by atoms with Gasteiger partial charge < -0.3 is 9.73 Å². The summed E-state index contributed by atoms with van der Waals surface area (Å²) < 4.78 is 6.81. The third kappa shape index (κ3) is 2.41. The highest BCUT2D eigenvalue weighted by atomic mass is 16.3. The topological polar surface area (TPSA) is 85.3 Å². The summed E-state index contributed by atoms with van der Waals surface area (Å²) in [6.45, 7) is 1.92. The number of aryl methyl sites for hydroxylation is 1. The van der Waals surface area contributed by atoms with Crippen molar-refractivity contribution in [2.24, 2.45) is 0 Å². The minimum absolute atomic E-state index is 0.265. The van der Waals surface area contributed by atoms with Gasteiger partial charge in [0, 0.05) is 11.3 Å². The van der Waals surface area contributed by atoms with Crippen LogP contribution >= 0.6 is 0 Å². The van der Waals surface area contributed by atoms with Crippen LogP contribution in [0, 0.1) is 6.92 Å². The third-order valence-electron chi connectivity index (χ3n) is 3.70. The number of oxazole rings is 1. The lowest BCUT2D eigenvalue weighted by Gasteiger charge is -2.10. The van der Waals surface area contributed by atoms with E-state index in [0.717, 1.165) is 11.1 Å². The van der Waals surface area contributed by atoms with E-state index in [2.05, 4.69) is 20.4 Å². The number of nitrogens with one attached hydrogen (secondary N) is 1. The first-order chi connectivity index (χ1) is 11.7. The minimum atomic E-state index is -0.265. The number of benzene rings is 1. The second-order valence-corrected chi connectivity index (χ2v) is 5.26. The first-order valence-corrected chi connectivity index (χ1v) is 7.33.